The summed E-state index contributed by atoms with van der Waals surface area (Å²) < 4.78 is 10.5. The number of nitrogens with one attached hydrogen (secondary N) is 1. The summed E-state index contributed by atoms with van der Waals surface area (Å²) in [6.07, 6.45) is 0. The van der Waals surface area contributed by atoms with E-state index in [4.69, 9.17) is 9.47 Å². The molecule has 3 aromatic rings. The lowest BCUT2D eigenvalue weighted by molar-refractivity contribution is -0.136. The quantitative estimate of drug-likeness (QED) is 0.615. The lowest BCUT2D eigenvalue weighted by atomic mass is 10.2. The van der Waals surface area contributed by atoms with Crippen LogP contribution in [-0.4, -0.2) is 78.1 Å². The molecule has 0 unspecified atom stereocenters. The predicted molar refractivity (Wildman–Crippen MR) is 117 cm³/mol. The van der Waals surface area contributed by atoms with Gasteiger partial charge < -0.3 is 24.3 Å². The number of H-pyrrole nitrogens is 1. The van der Waals surface area contributed by atoms with Crippen LogP contribution < -0.4 is 4.74 Å². The summed E-state index contributed by atoms with van der Waals surface area (Å²) in [7, 11) is 1.62. The van der Waals surface area contributed by atoms with Gasteiger partial charge in [-0.1, -0.05) is 6.92 Å². The number of amides is 1. The van der Waals surface area contributed by atoms with Crippen LogP contribution in [0.4, 0.5) is 0 Å². The van der Waals surface area contributed by atoms with Gasteiger partial charge in [0, 0.05) is 31.7 Å². The van der Waals surface area contributed by atoms with Crippen LogP contribution in [0.25, 0.3) is 22.4 Å². The van der Waals surface area contributed by atoms with Crippen LogP contribution in [0.1, 0.15) is 17.3 Å². The van der Waals surface area contributed by atoms with Gasteiger partial charge in [-0.25, -0.2) is 9.78 Å². The summed E-state index contributed by atoms with van der Waals surface area (Å²) in [5.74, 6) is 0.785. The number of hydrogen-bond donors (Lipinski definition) is 1. The van der Waals surface area contributed by atoms with Gasteiger partial charge in [-0.05, 0) is 49.0 Å². The number of carbonyl (C=O) groups excluding carboxylic acids is 2. The molecular formula is C23H26N4O4. The van der Waals surface area contributed by atoms with Crippen molar-refractivity contribution in [1.29, 1.82) is 0 Å². The monoisotopic (exact) mass is 422 g/mol. The number of methoxy groups -OCH3 is 1. The van der Waals surface area contributed by atoms with Gasteiger partial charge >= 0.3 is 5.97 Å². The van der Waals surface area contributed by atoms with Crippen LogP contribution in [0.3, 0.4) is 0 Å². The summed E-state index contributed by atoms with van der Waals surface area (Å²) in [6.45, 7) is 5.87. The average Bonchev–Trinajstić information content (AvgIpc) is 3.26. The highest BCUT2D eigenvalue weighted by Crippen LogP contribution is 2.23. The molecule has 0 saturated carbocycles. The van der Waals surface area contributed by atoms with Crippen molar-refractivity contribution in [3.8, 4) is 17.1 Å². The van der Waals surface area contributed by atoms with Gasteiger partial charge in [-0.2, -0.15) is 0 Å². The number of aromatic amines is 1. The number of rotatable bonds is 6. The fraction of sp³-hybridized carbons (Fsp3) is 0.348. The van der Waals surface area contributed by atoms with Gasteiger partial charge in [-0.15, -0.1) is 0 Å². The van der Waals surface area contributed by atoms with Gasteiger partial charge in [0.05, 0.1) is 23.7 Å². The van der Waals surface area contributed by atoms with Crippen LogP contribution in [0.5, 0.6) is 5.75 Å². The minimum atomic E-state index is -0.525. The Morgan fingerprint density at radius 2 is 1.81 bits per heavy atom. The first-order chi connectivity index (χ1) is 15.1. The van der Waals surface area contributed by atoms with Crippen molar-refractivity contribution in [3.63, 3.8) is 0 Å². The number of carbonyl (C=O) groups is 2. The van der Waals surface area contributed by atoms with Gasteiger partial charge in [0.1, 0.15) is 11.6 Å². The SMILES string of the molecule is CCN1CCN(C(=O)COC(=O)c2ccc3nc(-c4ccc(OC)cc4)[nH]c3c2)CC1. The van der Waals surface area contributed by atoms with Crippen molar-refractivity contribution < 1.29 is 19.1 Å². The van der Waals surface area contributed by atoms with E-state index in [0.29, 0.717) is 24.5 Å². The van der Waals surface area contributed by atoms with Crippen LogP contribution in [-0.2, 0) is 9.53 Å². The number of imidazole rings is 1. The lowest BCUT2D eigenvalue weighted by Gasteiger charge is -2.33. The zero-order chi connectivity index (χ0) is 21.8. The normalized spacial score (nSPS) is 14.6. The average molecular weight is 422 g/mol. The molecule has 2 aromatic carbocycles. The third-order valence-electron chi connectivity index (χ3n) is 5.58. The Hall–Kier alpha value is -3.39. The van der Waals surface area contributed by atoms with E-state index in [-0.39, 0.29) is 12.5 Å². The minimum Gasteiger partial charge on any atom is -0.497 e. The van der Waals surface area contributed by atoms with Gasteiger partial charge in [0.15, 0.2) is 6.61 Å². The summed E-state index contributed by atoms with van der Waals surface area (Å²) in [5, 5.41) is 0. The Balaban J connectivity index is 1.39. The zero-order valence-electron chi connectivity index (χ0n) is 17.8. The number of nitrogens with zero attached hydrogens (tertiary/aromatic N) is 3. The summed E-state index contributed by atoms with van der Waals surface area (Å²) >= 11 is 0. The second-order valence-electron chi connectivity index (χ2n) is 7.44. The smallest absolute Gasteiger partial charge is 0.338 e. The topological polar surface area (TPSA) is 87.8 Å². The van der Waals surface area contributed by atoms with E-state index in [0.717, 1.165) is 42.0 Å². The molecule has 0 atom stereocenters. The van der Waals surface area contributed by atoms with Crippen molar-refractivity contribution in [3.05, 3.63) is 48.0 Å². The Labute approximate surface area is 180 Å². The Morgan fingerprint density at radius 1 is 1.06 bits per heavy atom. The fourth-order valence-electron chi connectivity index (χ4n) is 3.64. The Bertz CT molecular complexity index is 1070. The number of piperazine rings is 1. The van der Waals surface area contributed by atoms with Crippen LogP contribution in [0, 0.1) is 0 Å². The highest BCUT2D eigenvalue weighted by molar-refractivity contribution is 5.95. The minimum absolute atomic E-state index is 0.159. The molecule has 1 aliphatic rings. The molecule has 1 aromatic heterocycles. The third-order valence-corrected chi connectivity index (χ3v) is 5.58. The number of benzene rings is 2. The molecule has 2 heterocycles. The molecule has 1 aliphatic heterocycles. The first-order valence-corrected chi connectivity index (χ1v) is 10.4. The maximum absolute atomic E-state index is 12.5. The fourth-order valence-corrected chi connectivity index (χ4v) is 3.64. The first-order valence-electron chi connectivity index (χ1n) is 10.4. The second kappa shape index (κ2) is 9.18. The molecule has 0 bridgehead atoms. The second-order valence-corrected chi connectivity index (χ2v) is 7.44. The molecule has 4 rings (SSSR count). The van der Waals surface area contributed by atoms with Crippen molar-refractivity contribution in [2.75, 3.05) is 46.4 Å². The van der Waals surface area contributed by atoms with E-state index in [1.807, 2.05) is 24.3 Å². The number of likely N-dealkylation sites (N-methyl/N-ethyl adjacent to an activating group) is 1. The van der Waals surface area contributed by atoms with Crippen molar-refractivity contribution in [2.24, 2.45) is 0 Å². The summed E-state index contributed by atoms with van der Waals surface area (Å²) in [5.41, 5.74) is 2.76. The maximum atomic E-state index is 12.5. The highest BCUT2D eigenvalue weighted by atomic mass is 16.5. The molecule has 162 valence electrons. The van der Waals surface area contributed by atoms with Crippen LogP contribution in [0.2, 0.25) is 0 Å². The zero-order valence-corrected chi connectivity index (χ0v) is 17.8. The van der Waals surface area contributed by atoms with Crippen molar-refractivity contribution in [2.45, 2.75) is 6.92 Å². The van der Waals surface area contributed by atoms with Crippen LogP contribution >= 0.6 is 0 Å². The number of fused-ring (bicyclic) bond motifs is 1. The first kappa shape index (κ1) is 20.9. The molecule has 0 spiro atoms. The highest BCUT2D eigenvalue weighted by Gasteiger charge is 2.21. The van der Waals surface area contributed by atoms with Crippen molar-refractivity contribution in [1.82, 2.24) is 19.8 Å². The van der Waals surface area contributed by atoms with Gasteiger partial charge in [0.2, 0.25) is 0 Å². The van der Waals surface area contributed by atoms with Gasteiger partial charge in [0.25, 0.3) is 5.91 Å². The van der Waals surface area contributed by atoms with E-state index < -0.39 is 5.97 Å². The summed E-state index contributed by atoms with van der Waals surface area (Å²) in [6, 6.07) is 12.7. The number of aromatic nitrogens is 2. The van der Waals surface area contributed by atoms with E-state index in [9.17, 15) is 9.59 Å². The Kier molecular flexibility index (Phi) is 6.18. The molecule has 1 saturated heterocycles. The molecule has 8 nitrogen and oxygen atoms in total. The van der Waals surface area contributed by atoms with E-state index >= 15 is 0 Å². The van der Waals surface area contributed by atoms with E-state index in [1.165, 1.54) is 0 Å². The van der Waals surface area contributed by atoms with Crippen LogP contribution in [0.15, 0.2) is 42.5 Å². The molecule has 1 N–H and O–H groups in total. The molecule has 0 radical (unpaired) electrons. The van der Waals surface area contributed by atoms with E-state index in [2.05, 4.69) is 21.8 Å². The van der Waals surface area contributed by atoms with E-state index in [1.54, 1.807) is 30.2 Å². The molecule has 31 heavy (non-hydrogen) atoms. The lowest BCUT2D eigenvalue weighted by Crippen LogP contribution is -2.49. The number of hydrogen-bond acceptors (Lipinski definition) is 6. The molecule has 1 amide bonds. The largest absolute Gasteiger partial charge is 0.497 e. The number of esters is 1. The Morgan fingerprint density at radius 3 is 2.48 bits per heavy atom. The van der Waals surface area contributed by atoms with Crippen molar-refractivity contribution >= 4 is 22.9 Å². The summed E-state index contributed by atoms with van der Waals surface area (Å²) in [4.78, 5) is 36.7. The molecule has 8 heteroatoms. The van der Waals surface area contributed by atoms with Gasteiger partial charge in [-0.3, -0.25) is 4.79 Å². The molecule has 0 aliphatic carbocycles. The molecular weight excluding hydrogens is 396 g/mol. The third kappa shape index (κ3) is 4.69. The maximum Gasteiger partial charge on any atom is 0.338 e. The predicted octanol–water partition coefficient (Wildman–Crippen LogP) is 2.56. The standard InChI is InChI=1S/C23H26N4O4/c1-3-26-10-12-27(13-11-26)21(28)15-31-23(29)17-6-9-19-20(14-17)25-22(24-19)16-4-7-18(30-2)8-5-16/h4-9,14H,3,10-13,15H2,1-2H3,(H,24,25). The molecule has 1 fully saturated rings. The number of ether oxygens (including phenoxy) is 2.